The molecule has 0 atom stereocenters. The minimum Gasteiger partial charge on any atom is -0.462 e. The van der Waals surface area contributed by atoms with Gasteiger partial charge in [0.15, 0.2) is 0 Å². The number of carbonyl (C=O) groups is 1. The highest BCUT2D eigenvalue weighted by Crippen LogP contribution is 2.38. The number of hydrogen-bond donors (Lipinski definition) is 0. The molecule has 0 radical (unpaired) electrons. The normalized spacial score (nSPS) is 12.5. The van der Waals surface area contributed by atoms with Gasteiger partial charge in [0.1, 0.15) is 0 Å². The molecule has 4 nitrogen and oxygen atoms in total. The summed E-state index contributed by atoms with van der Waals surface area (Å²) >= 11 is 0. The molecule has 0 N–H and O–H groups in total. The molecule has 9 heteroatoms. The fourth-order valence-corrected chi connectivity index (χ4v) is 1.89. The quantitative estimate of drug-likeness (QED) is 0.299. The van der Waals surface area contributed by atoms with Crippen molar-refractivity contribution in [3.05, 3.63) is 28.8 Å². The molecule has 0 heterocycles. The van der Waals surface area contributed by atoms with Crippen LogP contribution in [0.5, 0.6) is 0 Å². The molecule has 146 valence electrons. The van der Waals surface area contributed by atoms with Crippen molar-refractivity contribution in [2.45, 2.75) is 39.3 Å². The first-order valence-electron chi connectivity index (χ1n) is 7.86. The van der Waals surface area contributed by atoms with Crippen LogP contribution in [0, 0.1) is 13.8 Å². The van der Waals surface area contributed by atoms with Crippen LogP contribution in [-0.4, -0.2) is 49.5 Å². The van der Waals surface area contributed by atoms with Crippen LogP contribution in [0.1, 0.15) is 34.8 Å². The number of hydrogen-bond acceptors (Lipinski definition) is 3. The van der Waals surface area contributed by atoms with Gasteiger partial charge in [-0.15, -0.1) is 0 Å². The Hall–Kier alpha value is -2.19. The van der Waals surface area contributed by atoms with Crippen LogP contribution in [0.25, 0.3) is 0 Å². The van der Waals surface area contributed by atoms with Crippen molar-refractivity contribution in [3.63, 3.8) is 0 Å². The molecule has 1 aromatic rings. The van der Waals surface area contributed by atoms with Gasteiger partial charge in [0.05, 0.1) is 30.6 Å². The molecule has 1 aromatic carbocycles. The third-order valence-corrected chi connectivity index (χ3v) is 3.72. The third-order valence-electron chi connectivity index (χ3n) is 3.72. The monoisotopic (exact) mass is 380 g/mol. The van der Waals surface area contributed by atoms with E-state index in [0.717, 1.165) is 6.54 Å². The lowest BCUT2D eigenvalue weighted by Crippen LogP contribution is -2.37. The first kappa shape index (κ1) is 21.9. The number of nitrogens with zero attached hydrogens (tertiary/aromatic N) is 2. The summed E-state index contributed by atoms with van der Waals surface area (Å²) in [6.07, 6.45) is -5.66. The topological polar surface area (TPSA) is 41.9 Å². The lowest BCUT2D eigenvalue weighted by atomic mass is 10.0. The third kappa shape index (κ3) is 5.67. The number of rotatable bonds is 7. The molecular weight excluding hydrogens is 359 g/mol. The number of halogens is 5. The molecule has 0 aromatic heterocycles. The van der Waals surface area contributed by atoms with Crippen molar-refractivity contribution in [1.29, 1.82) is 0 Å². The van der Waals surface area contributed by atoms with Crippen molar-refractivity contribution in [2.75, 3.05) is 20.2 Å². The Balaban J connectivity index is 2.82. The Kier molecular flexibility index (Phi) is 7.11. The average Bonchev–Trinajstić information content (AvgIpc) is 2.53. The lowest BCUT2D eigenvalue weighted by molar-refractivity contribution is -0.286. The molecule has 0 spiro atoms. The van der Waals surface area contributed by atoms with Gasteiger partial charge in [0, 0.05) is 13.6 Å². The summed E-state index contributed by atoms with van der Waals surface area (Å²) in [5.74, 6) is -5.85. The Morgan fingerprint density at radius 1 is 1.19 bits per heavy atom. The highest BCUT2D eigenvalue weighted by atomic mass is 19.4. The zero-order chi connectivity index (χ0) is 20.1. The minimum atomic E-state index is -5.67. The highest BCUT2D eigenvalue weighted by Gasteiger charge is 2.56. The molecule has 0 saturated carbocycles. The van der Waals surface area contributed by atoms with Gasteiger partial charge in [0.2, 0.25) is 0 Å². The number of alkyl halides is 5. The largest absolute Gasteiger partial charge is 0.462 e. The zero-order valence-corrected chi connectivity index (χ0v) is 15.0. The summed E-state index contributed by atoms with van der Waals surface area (Å²) in [7, 11) is 1.84. The van der Waals surface area contributed by atoms with E-state index in [-0.39, 0.29) is 5.56 Å². The number of benzene rings is 1. The van der Waals surface area contributed by atoms with Gasteiger partial charge in [-0.3, -0.25) is 0 Å². The van der Waals surface area contributed by atoms with Gasteiger partial charge >= 0.3 is 18.1 Å². The van der Waals surface area contributed by atoms with E-state index in [4.69, 9.17) is 0 Å². The predicted octanol–water partition coefficient (Wildman–Crippen LogP) is 4.66. The van der Waals surface area contributed by atoms with Crippen LogP contribution in [0.3, 0.4) is 0 Å². The summed E-state index contributed by atoms with van der Waals surface area (Å²) < 4.78 is 66.5. The van der Waals surface area contributed by atoms with Gasteiger partial charge < -0.3 is 9.64 Å². The number of aryl methyl sites for hydroxylation is 2. The summed E-state index contributed by atoms with van der Waals surface area (Å²) in [4.78, 5) is 18.1. The highest BCUT2D eigenvalue weighted by molar-refractivity contribution is 5.92. The first-order chi connectivity index (χ1) is 11.9. The first-order valence-corrected chi connectivity index (χ1v) is 7.86. The lowest BCUT2D eigenvalue weighted by Gasteiger charge is -2.19. The van der Waals surface area contributed by atoms with Gasteiger partial charge in [-0.25, -0.2) is 9.79 Å². The Bertz CT molecular complexity index is 672. The number of aliphatic imine (C=N–C) groups is 1. The molecule has 0 aliphatic rings. The summed E-state index contributed by atoms with van der Waals surface area (Å²) in [5.41, 5.74) is 1.84. The second kappa shape index (κ2) is 8.46. The van der Waals surface area contributed by atoms with Gasteiger partial charge in [-0.2, -0.15) is 22.0 Å². The summed E-state index contributed by atoms with van der Waals surface area (Å²) in [6.45, 7) is 4.97. The van der Waals surface area contributed by atoms with E-state index >= 15 is 0 Å². The van der Waals surface area contributed by atoms with E-state index in [9.17, 15) is 26.7 Å². The molecule has 1 rings (SSSR count). The second-order valence-electron chi connectivity index (χ2n) is 5.86. The Morgan fingerprint density at radius 2 is 1.81 bits per heavy atom. The van der Waals surface area contributed by atoms with E-state index in [1.54, 1.807) is 26.3 Å². The fraction of sp³-hybridized carbons (Fsp3) is 0.529. The molecule has 0 unspecified atom stereocenters. The van der Waals surface area contributed by atoms with Crippen LogP contribution in [0.15, 0.2) is 17.1 Å². The molecule has 0 saturated heterocycles. The van der Waals surface area contributed by atoms with Crippen molar-refractivity contribution < 1.29 is 31.5 Å². The SMILES string of the molecule is CCN(C)C=Nc1cc(C)c(C(=O)OCCC(F)(F)C(F)(F)F)cc1C. The van der Waals surface area contributed by atoms with Crippen molar-refractivity contribution in [2.24, 2.45) is 4.99 Å². The molecule has 0 bridgehead atoms. The van der Waals surface area contributed by atoms with Crippen LogP contribution in [-0.2, 0) is 4.74 Å². The number of ether oxygens (including phenoxy) is 1. The average molecular weight is 380 g/mol. The number of esters is 1. The minimum absolute atomic E-state index is 0.0978. The van der Waals surface area contributed by atoms with Gasteiger partial charge in [0.25, 0.3) is 0 Å². The van der Waals surface area contributed by atoms with Crippen LogP contribution in [0.2, 0.25) is 0 Å². The summed E-state index contributed by atoms with van der Waals surface area (Å²) in [6, 6.07) is 3.09. The molecule has 0 aliphatic heterocycles. The maximum absolute atomic E-state index is 12.8. The Morgan fingerprint density at radius 3 is 2.35 bits per heavy atom. The maximum atomic E-state index is 12.8. The van der Waals surface area contributed by atoms with Gasteiger partial charge in [-0.05, 0) is 44.0 Å². The standard InChI is InChI=1S/C17H21F5N2O2/c1-5-24(4)10-23-14-9-11(2)13(8-12(14)3)15(25)26-7-6-16(18,19)17(20,21)22/h8-10H,5-7H2,1-4H3. The van der Waals surface area contributed by atoms with Crippen molar-refractivity contribution >= 4 is 18.0 Å². The van der Waals surface area contributed by atoms with E-state index in [1.165, 1.54) is 6.07 Å². The fourth-order valence-electron chi connectivity index (χ4n) is 1.89. The smallest absolute Gasteiger partial charge is 0.453 e. The van der Waals surface area contributed by atoms with E-state index in [0.29, 0.717) is 16.8 Å². The molecule has 0 fully saturated rings. The van der Waals surface area contributed by atoms with E-state index in [2.05, 4.69) is 9.73 Å². The van der Waals surface area contributed by atoms with E-state index in [1.807, 2.05) is 18.9 Å². The van der Waals surface area contributed by atoms with Crippen LogP contribution >= 0.6 is 0 Å². The Labute approximate surface area is 148 Å². The van der Waals surface area contributed by atoms with Crippen LogP contribution < -0.4 is 0 Å². The molecule has 0 aliphatic carbocycles. The molecule has 26 heavy (non-hydrogen) atoms. The van der Waals surface area contributed by atoms with E-state index < -0.39 is 31.1 Å². The summed E-state index contributed by atoms with van der Waals surface area (Å²) in [5, 5.41) is 0. The number of carbonyl (C=O) groups excluding carboxylic acids is 1. The molecular formula is C17H21F5N2O2. The molecule has 0 amide bonds. The van der Waals surface area contributed by atoms with Gasteiger partial charge in [-0.1, -0.05) is 0 Å². The predicted molar refractivity (Wildman–Crippen MR) is 88.3 cm³/mol. The maximum Gasteiger partial charge on any atom is 0.453 e. The van der Waals surface area contributed by atoms with Crippen molar-refractivity contribution in [1.82, 2.24) is 4.90 Å². The van der Waals surface area contributed by atoms with Crippen LogP contribution in [0.4, 0.5) is 27.6 Å². The second-order valence-corrected chi connectivity index (χ2v) is 5.86. The van der Waals surface area contributed by atoms with Crippen molar-refractivity contribution in [3.8, 4) is 0 Å². The zero-order valence-electron chi connectivity index (χ0n) is 15.0.